The van der Waals surface area contributed by atoms with E-state index in [1.165, 1.54) is 18.9 Å². The Morgan fingerprint density at radius 3 is 1.84 bits per heavy atom. The Labute approximate surface area is 462 Å². The molecule has 10 atom stereocenters. The number of aryl methyl sites for hydroxylation is 2. The summed E-state index contributed by atoms with van der Waals surface area (Å²) in [6.45, 7) is 10.8. The third-order valence-corrected chi connectivity index (χ3v) is 14.9. The van der Waals surface area contributed by atoms with Crippen molar-refractivity contribution in [3.63, 3.8) is 0 Å². The van der Waals surface area contributed by atoms with E-state index in [0.29, 0.717) is 18.6 Å². The highest BCUT2D eigenvalue weighted by atomic mass is 16.5. The molecule has 4 aromatic rings. The standard InChI is InChI=1S/C60H79N7O12/c1-8-10-11-28-79-46-24-22-43(23-25-46)41-16-14-40(15-17-41)42-18-20-44(21-19-42)54(72)63-48(26-27-68)55(73)62-47(9-2)59(77)67-34-45(70)32-50(67)57(75)65-53(51(71)31-39-13-12-36(4)37(5)30-39)58(76)64-52(38(6)69)60(78)66-33-35(3)29-49(66)56(74)61-7/h12-25,30,35,38,45,47-53,68-71H,8-11,26-29,31-34H2,1-7H3,(H,61,74)(H,62,73)(H,63,72)(H,64,76)(H,65,75). The van der Waals surface area contributed by atoms with Gasteiger partial charge in [0, 0.05) is 45.1 Å². The molecule has 426 valence electrons. The molecule has 6 rings (SSSR count). The number of rotatable bonds is 25. The van der Waals surface area contributed by atoms with Crippen LogP contribution in [0.5, 0.6) is 5.75 Å². The number of carbonyl (C=O) groups excluding carboxylic acids is 7. The van der Waals surface area contributed by atoms with Gasteiger partial charge in [0.15, 0.2) is 0 Å². The topological polar surface area (TPSA) is 276 Å². The molecule has 0 spiro atoms. The highest BCUT2D eigenvalue weighted by Crippen LogP contribution is 2.28. The van der Waals surface area contributed by atoms with E-state index in [-0.39, 0.29) is 50.3 Å². The van der Waals surface area contributed by atoms with Crippen LogP contribution in [0.3, 0.4) is 0 Å². The van der Waals surface area contributed by atoms with Gasteiger partial charge in [-0.1, -0.05) is 100 Å². The zero-order chi connectivity index (χ0) is 57.5. The summed E-state index contributed by atoms with van der Waals surface area (Å²) in [7, 11) is 1.44. The molecule has 0 aliphatic carbocycles. The lowest BCUT2D eigenvalue weighted by Gasteiger charge is -2.33. The second-order valence-corrected chi connectivity index (χ2v) is 21.0. The predicted molar refractivity (Wildman–Crippen MR) is 298 cm³/mol. The molecule has 4 aromatic carbocycles. The number of nitrogens with one attached hydrogen (secondary N) is 5. The summed E-state index contributed by atoms with van der Waals surface area (Å²) in [6.07, 6.45) is -1.28. The monoisotopic (exact) mass is 1090 g/mol. The number of hydrogen-bond donors (Lipinski definition) is 9. The number of aliphatic hydroxyl groups excluding tert-OH is 4. The molecule has 2 heterocycles. The van der Waals surface area contributed by atoms with Crippen molar-refractivity contribution in [3.8, 4) is 28.0 Å². The van der Waals surface area contributed by atoms with Gasteiger partial charge in [0.25, 0.3) is 5.91 Å². The Kier molecular flexibility index (Phi) is 22.1. The van der Waals surface area contributed by atoms with Gasteiger partial charge in [-0.25, -0.2) is 0 Å². The molecule has 79 heavy (non-hydrogen) atoms. The summed E-state index contributed by atoms with van der Waals surface area (Å²) in [5, 5.41) is 56.5. The molecule has 2 aliphatic rings. The molecule has 19 heteroatoms. The molecular weight excluding hydrogens is 1010 g/mol. The molecule has 10 unspecified atom stereocenters. The molecule has 2 fully saturated rings. The predicted octanol–water partition coefficient (Wildman–Crippen LogP) is 3.48. The number of carbonyl (C=O) groups is 7. The second-order valence-electron chi connectivity index (χ2n) is 21.0. The fraction of sp³-hybridized carbons (Fsp3) is 0.483. The van der Waals surface area contributed by atoms with Crippen molar-refractivity contribution in [1.29, 1.82) is 0 Å². The lowest BCUT2D eigenvalue weighted by atomic mass is 9.97. The van der Waals surface area contributed by atoms with Crippen molar-refractivity contribution in [3.05, 3.63) is 113 Å². The van der Waals surface area contributed by atoms with Crippen LogP contribution in [-0.2, 0) is 35.2 Å². The van der Waals surface area contributed by atoms with Crippen molar-refractivity contribution < 1.29 is 58.7 Å². The number of likely N-dealkylation sites (N-methyl/N-ethyl adjacent to an activating group) is 1. The molecule has 0 aromatic heterocycles. The van der Waals surface area contributed by atoms with Gasteiger partial charge in [-0.15, -0.1) is 0 Å². The summed E-state index contributed by atoms with van der Waals surface area (Å²) < 4.78 is 5.85. The number of likely N-dealkylation sites (tertiary alicyclic amines) is 2. The van der Waals surface area contributed by atoms with Crippen molar-refractivity contribution in [2.45, 2.75) is 147 Å². The highest BCUT2D eigenvalue weighted by molar-refractivity contribution is 6.00. The van der Waals surface area contributed by atoms with E-state index in [9.17, 15) is 54.0 Å². The maximum Gasteiger partial charge on any atom is 0.251 e. The van der Waals surface area contributed by atoms with Crippen LogP contribution in [0, 0.1) is 19.8 Å². The fourth-order valence-electron chi connectivity index (χ4n) is 10.1. The van der Waals surface area contributed by atoms with Crippen LogP contribution >= 0.6 is 0 Å². The molecule has 7 amide bonds. The van der Waals surface area contributed by atoms with Gasteiger partial charge in [0.05, 0.1) is 24.9 Å². The van der Waals surface area contributed by atoms with Gasteiger partial charge in [0.1, 0.15) is 42.0 Å². The van der Waals surface area contributed by atoms with Crippen LogP contribution in [0.1, 0.15) is 99.7 Å². The smallest absolute Gasteiger partial charge is 0.251 e. The molecule has 2 aliphatic heterocycles. The number of unbranched alkanes of at least 4 members (excludes halogenated alkanes) is 2. The third kappa shape index (κ3) is 16.0. The maximum atomic E-state index is 14.4. The minimum Gasteiger partial charge on any atom is -0.494 e. The number of amides is 7. The number of ether oxygens (including phenoxy) is 1. The quantitative estimate of drug-likeness (QED) is 0.0432. The van der Waals surface area contributed by atoms with E-state index in [4.69, 9.17) is 4.74 Å². The van der Waals surface area contributed by atoms with Crippen LogP contribution in [0.25, 0.3) is 22.3 Å². The van der Waals surface area contributed by atoms with E-state index in [1.807, 2.05) is 81.4 Å². The first-order chi connectivity index (χ1) is 37.8. The summed E-state index contributed by atoms with van der Waals surface area (Å²) >= 11 is 0. The fourth-order valence-corrected chi connectivity index (χ4v) is 10.1. The summed E-state index contributed by atoms with van der Waals surface area (Å²) in [5.74, 6) is -4.52. The van der Waals surface area contributed by atoms with Gasteiger partial charge in [0.2, 0.25) is 35.4 Å². The van der Waals surface area contributed by atoms with Gasteiger partial charge in [-0.2, -0.15) is 0 Å². The van der Waals surface area contributed by atoms with E-state index >= 15 is 0 Å². The lowest BCUT2D eigenvalue weighted by Crippen LogP contribution is -2.63. The van der Waals surface area contributed by atoms with Crippen molar-refractivity contribution >= 4 is 41.4 Å². The van der Waals surface area contributed by atoms with Crippen molar-refractivity contribution in [1.82, 2.24) is 36.4 Å². The number of aliphatic hydroxyl groups is 4. The molecule has 0 radical (unpaired) electrons. The Bertz CT molecular complexity index is 2740. The first kappa shape index (κ1) is 61.0. The number of β-amino-alcohol motifs (C(OH)–C–C–N with tert-alkyl or cyclic N) is 1. The third-order valence-electron chi connectivity index (χ3n) is 14.9. The van der Waals surface area contributed by atoms with Gasteiger partial charge >= 0.3 is 0 Å². The zero-order valence-electron chi connectivity index (χ0n) is 46.4. The minimum absolute atomic E-state index is 0.0131. The highest BCUT2D eigenvalue weighted by Gasteiger charge is 2.45. The lowest BCUT2D eigenvalue weighted by molar-refractivity contribution is -0.145. The number of hydrogen-bond acceptors (Lipinski definition) is 12. The van der Waals surface area contributed by atoms with E-state index in [0.717, 1.165) is 63.3 Å². The first-order valence-corrected chi connectivity index (χ1v) is 27.5. The zero-order valence-corrected chi connectivity index (χ0v) is 46.4. The van der Waals surface area contributed by atoms with Crippen LogP contribution in [0.4, 0.5) is 0 Å². The molecule has 2 saturated heterocycles. The Morgan fingerprint density at radius 1 is 0.671 bits per heavy atom. The average molecular weight is 1090 g/mol. The Balaban J connectivity index is 1.12. The summed E-state index contributed by atoms with van der Waals surface area (Å²) in [4.78, 5) is 99.7. The molecule has 19 nitrogen and oxygen atoms in total. The minimum atomic E-state index is -1.77. The number of nitrogens with zero attached hydrogens (tertiary/aromatic N) is 2. The summed E-state index contributed by atoms with van der Waals surface area (Å²) in [5.41, 5.74) is 6.58. The van der Waals surface area contributed by atoms with Gasteiger partial charge in [-0.3, -0.25) is 33.6 Å². The average Bonchev–Trinajstić information content (AvgIpc) is 4.07. The Morgan fingerprint density at radius 2 is 1.27 bits per heavy atom. The molecule has 9 N–H and O–H groups in total. The molecular formula is C60H79N7O12. The van der Waals surface area contributed by atoms with Gasteiger partial charge < -0.3 is 61.5 Å². The van der Waals surface area contributed by atoms with E-state index in [2.05, 4.69) is 33.5 Å². The van der Waals surface area contributed by atoms with Crippen LogP contribution in [0.2, 0.25) is 0 Å². The van der Waals surface area contributed by atoms with E-state index in [1.54, 1.807) is 37.3 Å². The number of benzene rings is 4. The normalized spacial score (nSPS) is 19.3. The largest absolute Gasteiger partial charge is 0.494 e. The molecule has 0 saturated carbocycles. The van der Waals surface area contributed by atoms with Crippen LogP contribution in [0.15, 0.2) is 91.0 Å². The SMILES string of the molecule is CCCCCOc1ccc(-c2ccc(-c3ccc(C(=O)NC(CCO)C(=O)NC(CC)C(=O)N4CC(O)CC4C(=O)NC(C(=O)NC(C(=O)N4CC(C)CC4C(=O)NC)C(C)O)C(O)Cc4ccc(C)c(C)c4)cc3)cc2)cc1. The van der Waals surface area contributed by atoms with Crippen LogP contribution in [-0.4, -0.2) is 159 Å². The van der Waals surface area contributed by atoms with Crippen molar-refractivity contribution in [2.24, 2.45) is 5.92 Å². The molecule has 0 bridgehead atoms. The maximum absolute atomic E-state index is 14.4. The van der Waals surface area contributed by atoms with Crippen LogP contribution < -0.4 is 31.3 Å². The summed E-state index contributed by atoms with van der Waals surface area (Å²) in [6, 6.07) is 20.0. The van der Waals surface area contributed by atoms with Gasteiger partial charge in [-0.05, 0) is 116 Å². The second kappa shape index (κ2) is 28.6. The van der Waals surface area contributed by atoms with E-state index < -0.39 is 103 Å². The first-order valence-electron chi connectivity index (χ1n) is 27.5. The van der Waals surface area contributed by atoms with Crippen molar-refractivity contribution in [2.75, 3.05) is 33.4 Å². The Hall–Kier alpha value is -7.19.